The van der Waals surface area contributed by atoms with Gasteiger partial charge in [0.2, 0.25) is 0 Å². The first-order valence-corrected chi connectivity index (χ1v) is 9.07. The van der Waals surface area contributed by atoms with E-state index in [-0.39, 0.29) is 11.6 Å². The first-order valence-electron chi connectivity index (χ1n) is 9.07. The van der Waals surface area contributed by atoms with Gasteiger partial charge in [-0.2, -0.15) is 0 Å². The topological polar surface area (TPSA) is 50.4 Å². The second-order valence-electron chi connectivity index (χ2n) is 8.69. The van der Waals surface area contributed by atoms with E-state index in [0.717, 1.165) is 25.9 Å². The number of rotatable bonds is 5. The van der Waals surface area contributed by atoms with Gasteiger partial charge in [0, 0.05) is 6.54 Å². The number of ether oxygens (including phenoxy) is 1. The highest BCUT2D eigenvalue weighted by Crippen LogP contribution is 2.32. The fourth-order valence-electron chi connectivity index (χ4n) is 3.83. The highest BCUT2D eigenvalue weighted by Gasteiger charge is 2.39. The molecule has 0 radical (unpaired) electrons. The molecule has 2 N–H and O–H groups in total. The van der Waals surface area contributed by atoms with Crippen molar-refractivity contribution in [1.82, 2.24) is 10.6 Å². The summed E-state index contributed by atoms with van der Waals surface area (Å²) in [5.74, 6) is 1.40. The Morgan fingerprint density at radius 2 is 2.09 bits per heavy atom. The molecule has 0 aliphatic heterocycles. The second kappa shape index (κ2) is 7.25. The van der Waals surface area contributed by atoms with Crippen LogP contribution >= 0.6 is 0 Å². The molecule has 132 valence electrons. The Hall–Kier alpha value is -1.03. The number of alkyl carbamates (subject to hydrolysis) is 1. The highest BCUT2D eigenvalue weighted by atomic mass is 16.6. The Bertz CT molecular complexity index is 447. The molecule has 0 spiro atoms. The molecule has 0 saturated heterocycles. The normalized spacial score (nSPS) is 26.9. The molecule has 2 unspecified atom stereocenters. The van der Waals surface area contributed by atoms with Crippen LogP contribution in [0.15, 0.2) is 11.6 Å². The second-order valence-corrected chi connectivity index (χ2v) is 8.69. The lowest BCUT2D eigenvalue weighted by molar-refractivity contribution is 0.0381. The van der Waals surface area contributed by atoms with E-state index < -0.39 is 5.60 Å². The Kier molecular flexibility index (Phi) is 5.77. The van der Waals surface area contributed by atoms with Crippen molar-refractivity contribution in [2.75, 3.05) is 13.1 Å². The van der Waals surface area contributed by atoms with Gasteiger partial charge in [0.25, 0.3) is 0 Å². The van der Waals surface area contributed by atoms with Crippen LogP contribution in [0.1, 0.15) is 66.7 Å². The maximum atomic E-state index is 12.0. The summed E-state index contributed by atoms with van der Waals surface area (Å²) in [6, 6.07) is 0. The molecule has 4 nitrogen and oxygen atoms in total. The van der Waals surface area contributed by atoms with Gasteiger partial charge in [-0.05, 0) is 78.2 Å². The van der Waals surface area contributed by atoms with E-state index >= 15 is 0 Å². The molecule has 1 saturated carbocycles. The van der Waals surface area contributed by atoms with Crippen molar-refractivity contribution >= 4 is 6.09 Å². The SMILES string of the molecule is CC1=CC(C)CC(CNCC2(NC(=O)OC(C)(C)C)CCC2)C1. The molecule has 23 heavy (non-hydrogen) atoms. The van der Waals surface area contributed by atoms with Crippen molar-refractivity contribution in [3.05, 3.63) is 11.6 Å². The van der Waals surface area contributed by atoms with Gasteiger partial charge in [-0.1, -0.05) is 18.6 Å². The molecule has 0 heterocycles. The van der Waals surface area contributed by atoms with Gasteiger partial charge in [-0.25, -0.2) is 4.79 Å². The monoisotopic (exact) mass is 322 g/mol. The van der Waals surface area contributed by atoms with Crippen molar-refractivity contribution in [1.29, 1.82) is 0 Å². The van der Waals surface area contributed by atoms with Crippen LogP contribution in [0.5, 0.6) is 0 Å². The van der Waals surface area contributed by atoms with Crippen molar-refractivity contribution in [3.63, 3.8) is 0 Å². The zero-order valence-corrected chi connectivity index (χ0v) is 15.5. The molecule has 0 aromatic rings. The fourth-order valence-corrected chi connectivity index (χ4v) is 3.83. The molecule has 2 atom stereocenters. The largest absolute Gasteiger partial charge is 0.444 e. The predicted molar refractivity (Wildman–Crippen MR) is 94.5 cm³/mol. The van der Waals surface area contributed by atoms with Gasteiger partial charge in [-0.3, -0.25) is 0 Å². The summed E-state index contributed by atoms with van der Waals surface area (Å²) in [6.07, 6.45) is 7.83. The lowest BCUT2D eigenvalue weighted by Gasteiger charge is -2.43. The van der Waals surface area contributed by atoms with Crippen molar-refractivity contribution in [2.45, 2.75) is 77.9 Å². The molecule has 0 aromatic heterocycles. The lowest BCUT2D eigenvalue weighted by Crippen LogP contribution is -2.60. The summed E-state index contributed by atoms with van der Waals surface area (Å²) < 4.78 is 5.41. The van der Waals surface area contributed by atoms with Crippen molar-refractivity contribution in [3.8, 4) is 0 Å². The zero-order valence-electron chi connectivity index (χ0n) is 15.5. The summed E-state index contributed by atoms with van der Waals surface area (Å²) in [4.78, 5) is 12.0. The van der Waals surface area contributed by atoms with Gasteiger partial charge >= 0.3 is 6.09 Å². The summed E-state index contributed by atoms with van der Waals surface area (Å²) in [7, 11) is 0. The summed E-state index contributed by atoms with van der Waals surface area (Å²) >= 11 is 0. The third kappa shape index (κ3) is 5.83. The fraction of sp³-hybridized carbons (Fsp3) is 0.842. The first-order chi connectivity index (χ1) is 10.7. The Labute approximate surface area is 141 Å². The minimum atomic E-state index is -0.440. The number of amides is 1. The van der Waals surface area contributed by atoms with E-state index in [9.17, 15) is 4.79 Å². The minimum Gasteiger partial charge on any atom is -0.444 e. The molecule has 1 amide bonds. The number of hydrogen-bond donors (Lipinski definition) is 2. The van der Waals surface area contributed by atoms with Gasteiger partial charge in [0.05, 0.1) is 5.54 Å². The van der Waals surface area contributed by atoms with E-state index in [2.05, 4.69) is 30.6 Å². The Morgan fingerprint density at radius 1 is 1.39 bits per heavy atom. The van der Waals surface area contributed by atoms with E-state index in [1.54, 1.807) is 0 Å². The van der Waals surface area contributed by atoms with E-state index in [1.165, 1.54) is 24.8 Å². The van der Waals surface area contributed by atoms with Crippen LogP contribution in [-0.2, 0) is 4.74 Å². The van der Waals surface area contributed by atoms with Crippen LogP contribution in [0.2, 0.25) is 0 Å². The standard InChI is InChI=1S/C19H34N2O2/c1-14-9-15(2)11-16(10-14)12-20-13-19(7-6-8-19)21-17(22)23-18(3,4)5/h9,14,16,20H,6-8,10-13H2,1-5H3,(H,21,22). The molecule has 2 aliphatic rings. The van der Waals surface area contributed by atoms with Crippen LogP contribution < -0.4 is 10.6 Å². The van der Waals surface area contributed by atoms with Gasteiger partial charge < -0.3 is 15.4 Å². The van der Waals surface area contributed by atoms with Gasteiger partial charge in [-0.15, -0.1) is 0 Å². The Balaban J connectivity index is 1.76. The van der Waals surface area contributed by atoms with E-state index in [1.807, 2.05) is 20.8 Å². The van der Waals surface area contributed by atoms with Crippen LogP contribution in [0, 0.1) is 11.8 Å². The third-order valence-electron chi connectivity index (χ3n) is 4.86. The molecule has 4 heteroatoms. The van der Waals surface area contributed by atoms with E-state index in [0.29, 0.717) is 11.8 Å². The predicted octanol–water partition coefficient (Wildman–Crippen LogP) is 4.02. The molecule has 2 rings (SSSR count). The molecule has 0 aromatic carbocycles. The number of carbonyl (C=O) groups is 1. The smallest absolute Gasteiger partial charge is 0.408 e. The third-order valence-corrected chi connectivity index (χ3v) is 4.86. The first kappa shape index (κ1) is 18.3. The summed E-state index contributed by atoms with van der Waals surface area (Å²) in [5.41, 5.74) is 0.971. The average Bonchev–Trinajstić information content (AvgIpc) is 2.32. The van der Waals surface area contributed by atoms with Gasteiger partial charge in [0.1, 0.15) is 5.60 Å². The lowest BCUT2D eigenvalue weighted by atomic mass is 9.76. The number of nitrogens with one attached hydrogen (secondary N) is 2. The van der Waals surface area contributed by atoms with Crippen LogP contribution in [0.4, 0.5) is 4.79 Å². The Morgan fingerprint density at radius 3 is 2.61 bits per heavy atom. The summed E-state index contributed by atoms with van der Waals surface area (Å²) in [6.45, 7) is 12.1. The maximum Gasteiger partial charge on any atom is 0.408 e. The number of hydrogen-bond acceptors (Lipinski definition) is 3. The van der Waals surface area contributed by atoms with Gasteiger partial charge in [0.15, 0.2) is 0 Å². The van der Waals surface area contributed by atoms with Crippen molar-refractivity contribution < 1.29 is 9.53 Å². The maximum absolute atomic E-state index is 12.0. The molecular weight excluding hydrogens is 288 g/mol. The van der Waals surface area contributed by atoms with Crippen LogP contribution in [0.25, 0.3) is 0 Å². The average molecular weight is 322 g/mol. The van der Waals surface area contributed by atoms with E-state index in [4.69, 9.17) is 4.74 Å². The summed E-state index contributed by atoms with van der Waals surface area (Å²) in [5, 5.41) is 6.72. The molecular formula is C19H34N2O2. The van der Waals surface area contributed by atoms with Crippen LogP contribution in [0.3, 0.4) is 0 Å². The number of carbonyl (C=O) groups excluding carboxylic acids is 1. The van der Waals surface area contributed by atoms with Crippen LogP contribution in [-0.4, -0.2) is 30.3 Å². The number of allylic oxidation sites excluding steroid dienone is 2. The molecule has 2 aliphatic carbocycles. The quantitative estimate of drug-likeness (QED) is 0.752. The molecule has 0 bridgehead atoms. The highest BCUT2D eigenvalue weighted by molar-refractivity contribution is 5.69. The van der Waals surface area contributed by atoms with Crippen molar-refractivity contribution in [2.24, 2.45) is 11.8 Å². The zero-order chi connectivity index (χ0) is 17.1. The minimum absolute atomic E-state index is 0.104. The molecule has 1 fully saturated rings.